The van der Waals surface area contributed by atoms with Crippen molar-refractivity contribution in [3.8, 4) is 5.75 Å². The lowest BCUT2D eigenvalue weighted by atomic mass is 9.82. The maximum absolute atomic E-state index is 13.9. The zero-order chi connectivity index (χ0) is 23.5. The minimum absolute atomic E-state index is 0.0356. The number of aliphatic hydroxyl groups is 1. The summed E-state index contributed by atoms with van der Waals surface area (Å²) in [5, 5.41) is 12.8. The minimum Gasteiger partial charge on any atom is -0.493 e. The van der Waals surface area contributed by atoms with E-state index in [2.05, 4.69) is 10.2 Å². The van der Waals surface area contributed by atoms with E-state index in [0.29, 0.717) is 11.6 Å². The second kappa shape index (κ2) is 9.91. The Labute approximate surface area is 196 Å². The van der Waals surface area contributed by atoms with E-state index in [9.17, 15) is 17.9 Å². The van der Waals surface area contributed by atoms with Crippen LogP contribution in [0.1, 0.15) is 6.92 Å². The fourth-order valence-corrected chi connectivity index (χ4v) is 5.72. The van der Waals surface area contributed by atoms with E-state index in [1.807, 2.05) is 0 Å². The van der Waals surface area contributed by atoms with Gasteiger partial charge in [-0.05, 0) is 37.3 Å². The van der Waals surface area contributed by atoms with Crippen molar-refractivity contribution in [1.29, 1.82) is 0 Å². The van der Waals surface area contributed by atoms with Gasteiger partial charge in [-0.25, -0.2) is 17.7 Å². The number of hydrogen-bond acceptors (Lipinski definition) is 5. The molecular formula is C21H22Cl2FN3O4S. The molecule has 0 aromatic heterocycles. The molecular weight excluding hydrogens is 480 g/mol. The van der Waals surface area contributed by atoms with Gasteiger partial charge in [-0.2, -0.15) is 4.31 Å². The van der Waals surface area contributed by atoms with Crippen molar-refractivity contribution in [2.75, 3.05) is 32.8 Å². The highest BCUT2D eigenvalue weighted by molar-refractivity contribution is 7.89. The zero-order valence-electron chi connectivity index (χ0n) is 17.2. The number of halogens is 3. The average Bonchev–Trinajstić information content (AvgIpc) is 2.72. The predicted molar refractivity (Wildman–Crippen MR) is 120 cm³/mol. The van der Waals surface area contributed by atoms with Gasteiger partial charge in [0, 0.05) is 42.2 Å². The molecule has 0 saturated carbocycles. The molecule has 1 unspecified atom stereocenters. The lowest BCUT2D eigenvalue weighted by Crippen LogP contribution is -2.65. The monoisotopic (exact) mass is 501 g/mol. The Bertz CT molecular complexity index is 1130. The highest BCUT2D eigenvalue weighted by Gasteiger charge is 2.49. The number of sulfonamides is 1. The summed E-state index contributed by atoms with van der Waals surface area (Å²) in [5.74, 6) is -0.444. The smallest absolute Gasteiger partial charge is 0.244 e. The molecule has 172 valence electrons. The number of rotatable bonds is 9. The van der Waals surface area contributed by atoms with Crippen LogP contribution < -0.4 is 10.1 Å². The van der Waals surface area contributed by atoms with Crippen molar-refractivity contribution in [3.05, 3.63) is 63.7 Å². The van der Waals surface area contributed by atoms with E-state index in [4.69, 9.17) is 34.5 Å². The molecule has 1 heterocycles. The maximum Gasteiger partial charge on any atom is 0.244 e. The molecule has 3 rings (SSSR count). The summed E-state index contributed by atoms with van der Waals surface area (Å²) in [4.78, 5) is 3.04. The molecule has 2 N–H and O–H groups in total. The fourth-order valence-electron chi connectivity index (χ4n) is 3.31. The molecule has 0 spiro atoms. The highest BCUT2D eigenvalue weighted by atomic mass is 35.5. The van der Waals surface area contributed by atoms with Crippen LogP contribution in [-0.4, -0.2) is 56.7 Å². The third kappa shape index (κ3) is 5.34. The van der Waals surface area contributed by atoms with Gasteiger partial charge in [-0.1, -0.05) is 23.2 Å². The van der Waals surface area contributed by atoms with Crippen LogP contribution in [0.25, 0.3) is 4.85 Å². The van der Waals surface area contributed by atoms with Gasteiger partial charge >= 0.3 is 0 Å². The van der Waals surface area contributed by atoms with E-state index in [1.165, 1.54) is 34.6 Å². The summed E-state index contributed by atoms with van der Waals surface area (Å²) < 4.78 is 47.0. The van der Waals surface area contributed by atoms with Gasteiger partial charge in [-0.15, -0.1) is 0 Å². The predicted octanol–water partition coefficient (Wildman–Crippen LogP) is 3.72. The van der Waals surface area contributed by atoms with Gasteiger partial charge in [0.2, 0.25) is 15.7 Å². The zero-order valence-corrected chi connectivity index (χ0v) is 19.5. The third-order valence-corrected chi connectivity index (χ3v) is 7.73. The van der Waals surface area contributed by atoms with Gasteiger partial charge < -0.3 is 15.2 Å². The fraction of sp³-hybridized carbons (Fsp3) is 0.381. The first-order valence-corrected chi connectivity index (χ1v) is 11.9. The molecule has 0 radical (unpaired) electrons. The second-order valence-electron chi connectivity index (χ2n) is 7.83. The van der Waals surface area contributed by atoms with Gasteiger partial charge in [0.05, 0.1) is 24.8 Å². The van der Waals surface area contributed by atoms with Crippen molar-refractivity contribution < 1.29 is 22.7 Å². The van der Waals surface area contributed by atoms with Crippen LogP contribution in [0.2, 0.25) is 10.0 Å². The molecule has 2 aromatic carbocycles. The molecule has 32 heavy (non-hydrogen) atoms. The Hall–Kier alpha value is -1.93. The Morgan fingerprint density at radius 1 is 1.31 bits per heavy atom. The third-order valence-electron chi connectivity index (χ3n) is 5.22. The summed E-state index contributed by atoms with van der Waals surface area (Å²) in [6.07, 6.45) is 0. The molecule has 1 aliphatic rings. The Kier molecular flexibility index (Phi) is 7.65. The highest BCUT2D eigenvalue weighted by Crippen LogP contribution is 2.38. The summed E-state index contributed by atoms with van der Waals surface area (Å²) in [6, 6.07) is 7.96. The standard InChI is InChI=1S/C21H22Cl2FN3O4S/c1-14(9-28)26-10-21(13-31-16-4-5-19(25-2)18(24)8-16)11-27(12-21)32(29,30)20-6-3-15(22)7-17(20)23/h3-8,14,26,28H,9-13H2,1H3. The molecule has 0 bridgehead atoms. The molecule has 7 nitrogen and oxygen atoms in total. The number of aliphatic hydroxyl groups excluding tert-OH is 1. The van der Waals surface area contributed by atoms with Crippen LogP contribution in [0.3, 0.4) is 0 Å². The number of nitrogens with one attached hydrogen (secondary N) is 1. The molecule has 1 fully saturated rings. The summed E-state index contributed by atoms with van der Waals surface area (Å²) in [5.41, 5.74) is -0.712. The van der Waals surface area contributed by atoms with E-state index < -0.39 is 21.3 Å². The summed E-state index contributed by atoms with van der Waals surface area (Å²) in [6.45, 7) is 9.40. The van der Waals surface area contributed by atoms with Gasteiger partial charge in [0.15, 0.2) is 0 Å². The molecule has 11 heteroatoms. The first kappa shape index (κ1) is 24.7. The molecule has 0 amide bonds. The van der Waals surface area contributed by atoms with Crippen molar-refractivity contribution >= 4 is 38.9 Å². The quantitative estimate of drug-likeness (QED) is 0.511. The maximum atomic E-state index is 13.9. The second-order valence-corrected chi connectivity index (χ2v) is 10.6. The lowest BCUT2D eigenvalue weighted by Gasteiger charge is -2.49. The molecule has 1 aliphatic heterocycles. The SMILES string of the molecule is [C-]#[N+]c1ccc(OCC2(CNC(C)CO)CN(S(=O)(=O)c3ccc(Cl)cc3Cl)C2)cc1F. The van der Waals surface area contributed by atoms with Crippen LogP contribution in [0, 0.1) is 17.8 Å². The van der Waals surface area contributed by atoms with Crippen LogP contribution in [-0.2, 0) is 10.0 Å². The molecule has 0 aliphatic carbocycles. The largest absolute Gasteiger partial charge is 0.493 e. The van der Waals surface area contributed by atoms with Gasteiger partial charge in [-0.3, -0.25) is 0 Å². The van der Waals surface area contributed by atoms with Gasteiger partial charge in [0.25, 0.3) is 0 Å². The lowest BCUT2D eigenvalue weighted by molar-refractivity contribution is 0.0160. The number of benzene rings is 2. The molecule has 1 atom stereocenters. The van der Waals surface area contributed by atoms with Crippen molar-refractivity contribution in [2.45, 2.75) is 17.9 Å². The number of ether oxygens (including phenoxy) is 1. The first-order valence-electron chi connectivity index (χ1n) is 9.69. The summed E-state index contributed by atoms with van der Waals surface area (Å²) in [7, 11) is -3.85. The van der Waals surface area contributed by atoms with Crippen molar-refractivity contribution in [3.63, 3.8) is 0 Å². The van der Waals surface area contributed by atoms with Crippen molar-refractivity contribution in [2.24, 2.45) is 5.41 Å². The number of nitrogens with zero attached hydrogens (tertiary/aromatic N) is 2. The topological polar surface area (TPSA) is 83.2 Å². The minimum atomic E-state index is -3.85. The van der Waals surface area contributed by atoms with E-state index in [0.717, 1.165) is 6.07 Å². The van der Waals surface area contributed by atoms with Crippen LogP contribution in [0.5, 0.6) is 5.75 Å². The Balaban J connectivity index is 1.76. The van der Waals surface area contributed by atoms with E-state index in [1.54, 1.807) is 6.92 Å². The van der Waals surface area contributed by atoms with Crippen LogP contribution in [0.4, 0.5) is 10.1 Å². The first-order chi connectivity index (χ1) is 15.1. The summed E-state index contributed by atoms with van der Waals surface area (Å²) >= 11 is 12.0. The molecule has 1 saturated heterocycles. The molecule has 2 aromatic rings. The van der Waals surface area contributed by atoms with E-state index >= 15 is 0 Å². The average molecular weight is 502 g/mol. The normalized spacial score (nSPS) is 16.8. The van der Waals surface area contributed by atoms with Crippen LogP contribution in [0.15, 0.2) is 41.3 Å². The van der Waals surface area contributed by atoms with Crippen molar-refractivity contribution in [1.82, 2.24) is 9.62 Å². The Morgan fingerprint density at radius 3 is 2.62 bits per heavy atom. The van der Waals surface area contributed by atoms with Gasteiger partial charge in [0.1, 0.15) is 16.5 Å². The van der Waals surface area contributed by atoms with Crippen LogP contribution >= 0.6 is 23.2 Å². The van der Waals surface area contributed by atoms with E-state index in [-0.39, 0.29) is 53.7 Å². The Morgan fingerprint density at radius 2 is 2.03 bits per heavy atom. The number of hydrogen-bond donors (Lipinski definition) is 2.